The molecule has 19 rings (SSSR count). The van der Waals surface area contributed by atoms with Gasteiger partial charge in [-0.3, -0.25) is 0 Å². The summed E-state index contributed by atoms with van der Waals surface area (Å²) in [5, 5.41) is 7.78. The van der Waals surface area contributed by atoms with E-state index in [-0.39, 0.29) is 32.9 Å². The van der Waals surface area contributed by atoms with E-state index >= 15 is 0 Å². The lowest BCUT2D eigenvalue weighted by Gasteiger charge is -2.50. The lowest BCUT2D eigenvalue weighted by Crippen LogP contribution is -2.54. The van der Waals surface area contributed by atoms with Gasteiger partial charge in [0.15, 0.2) is 0 Å². The maximum atomic E-state index is 2.68. The first-order valence-corrected chi connectivity index (χ1v) is 36.4. The first-order chi connectivity index (χ1) is 47.3. The van der Waals surface area contributed by atoms with E-state index in [1.807, 2.05) is 0 Å². The van der Waals surface area contributed by atoms with Gasteiger partial charge >= 0.3 is 0 Å². The van der Waals surface area contributed by atoms with Crippen molar-refractivity contribution >= 4 is 66.4 Å². The molecule has 0 saturated heterocycles. The van der Waals surface area contributed by atoms with Crippen molar-refractivity contribution in [1.29, 1.82) is 0 Å². The summed E-state index contributed by atoms with van der Waals surface area (Å²) in [6.45, 7) is 15.2. The highest BCUT2D eigenvalue weighted by Crippen LogP contribution is 2.65. The molecule has 13 aromatic rings. The number of hydrogen-bond donors (Lipinski definition) is 0. The number of anilines is 6. The Morgan fingerprint density at radius 2 is 0.526 bits per heavy atom. The Hall–Kier alpha value is -9.70. The van der Waals surface area contributed by atoms with Gasteiger partial charge in [0.05, 0.1) is 16.6 Å². The Morgan fingerprint density at radius 3 is 0.887 bits per heavy atom. The molecule has 3 saturated carbocycles. The molecule has 6 unspecified atom stereocenters. The molecule has 6 aliphatic rings. The molecule has 3 aliphatic heterocycles. The second-order valence-electron chi connectivity index (χ2n) is 31.2. The molecule has 13 aromatic carbocycles. The second kappa shape index (κ2) is 21.4. The second-order valence-corrected chi connectivity index (χ2v) is 31.2. The van der Waals surface area contributed by atoms with Gasteiger partial charge < -0.3 is 14.7 Å². The lowest BCUT2D eigenvalue weighted by molar-refractivity contribution is 0.195. The number of nitrogens with zero attached hydrogens (tertiary/aromatic N) is 3. The van der Waals surface area contributed by atoms with Gasteiger partial charge in [-0.1, -0.05) is 241 Å². The van der Waals surface area contributed by atoms with Crippen molar-refractivity contribution in [1.82, 2.24) is 0 Å². The molecule has 0 amide bonds. The Bertz CT molecular complexity index is 5080. The first kappa shape index (κ1) is 58.6. The number of hydrogen-bond acceptors (Lipinski definition) is 3. The van der Waals surface area contributed by atoms with Crippen LogP contribution in [-0.2, 0) is 16.2 Å². The molecule has 0 bridgehead atoms. The van der Waals surface area contributed by atoms with E-state index in [9.17, 15) is 0 Å². The van der Waals surface area contributed by atoms with Crippen molar-refractivity contribution in [2.24, 2.45) is 0 Å². The molecule has 3 aliphatic carbocycles. The Labute approximate surface area is 573 Å². The minimum atomic E-state index is 0.00480. The summed E-state index contributed by atoms with van der Waals surface area (Å²) in [6, 6.07) is 101. The van der Waals surface area contributed by atoms with Crippen LogP contribution in [0.15, 0.2) is 261 Å². The molecule has 3 fully saturated rings. The fraction of sp³-hybridized carbons (Fsp3) is 0.255. The monoisotopic (exact) mass is 1260 g/mol. The van der Waals surface area contributed by atoms with E-state index in [2.05, 4.69) is 317 Å². The van der Waals surface area contributed by atoms with Crippen LogP contribution in [0.2, 0.25) is 0 Å². The van der Waals surface area contributed by atoms with E-state index < -0.39 is 0 Å². The molecule has 3 nitrogen and oxygen atoms in total. The predicted octanol–water partition coefficient (Wildman–Crippen LogP) is 25.8. The third kappa shape index (κ3) is 8.27. The minimum Gasteiger partial charge on any atom is -0.334 e. The van der Waals surface area contributed by atoms with Crippen LogP contribution in [0.25, 0.3) is 99.1 Å². The molecule has 0 spiro atoms. The highest BCUT2D eigenvalue weighted by molar-refractivity contribution is 6.30. The number of rotatable bonds is 9. The minimum absolute atomic E-state index is 0.00480. The van der Waals surface area contributed by atoms with Crippen LogP contribution in [0.3, 0.4) is 0 Å². The van der Waals surface area contributed by atoms with Gasteiger partial charge in [-0.25, -0.2) is 0 Å². The number of benzene rings is 13. The van der Waals surface area contributed by atoms with E-state index in [1.54, 1.807) is 0 Å². The quantitative estimate of drug-likeness (QED) is 0.133. The first-order valence-electron chi connectivity index (χ1n) is 36.4. The maximum Gasteiger partial charge on any atom is 0.0517 e. The van der Waals surface area contributed by atoms with E-state index in [0.717, 1.165) is 0 Å². The fourth-order valence-electron chi connectivity index (χ4n) is 20.8. The SMILES string of the molecule is CC12CCCCC1(C)N(c1ccccc1)c1ccc(-c3ccc(-c4ccc5ccc6c(-c7ccc(-c8ccc9c(c8)C8(C)CCCCC8(C)N9c8ccccc8)cc7)cc(-c7ccc(-c8ccc9c(c8)C8(C)CCCCC8(C)N9c8ccccc8)cc7)c7ccc4c5c67)cc3)cc12. The van der Waals surface area contributed by atoms with Gasteiger partial charge in [-0.15, -0.1) is 0 Å². The smallest absolute Gasteiger partial charge is 0.0517 e. The summed E-state index contributed by atoms with van der Waals surface area (Å²) >= 11 is 0. The summed E-state index contributed by atoms with van der Waals surface area (Å²) in [4.78, 5) is 8.05. The van der Waals surface area contributed by atoms with E-state index in [0.29, 0.717) is 0 Å². The molecule has 97 heavy (non-hydrogen) atoms. The van der Waals surface area contributed by atoms with E-state index in [4.69, 9.17) is 0 Å². The van der Waals surface area contributed by atoms with E-state index in [1.165, 1.54) is 227 Å². The Morgan fingerprint density at radius 1 is 0.237 bits per heavy atom. The third-order valence-corrected chi connectivity index (χ3v) is 26.7. The van der Waals surface area contributed by atoms with Crippen LogP contribution in [0, 0.1) is 0 Å². The van der Waals surface area contributed by atoms with Crippen molar-refractivity contribution in [2.45, 2.75) is 151 Å². The topological polar surface area (TPSA) is 9.72 Å². The van der Waals surface area contributed by atoms with Crippen LogP contribution >= 0.6 is 0 Å². The van der Waals surface area contributed by atoms with Crippen LogP contribution in [0.4, 0.5) is 34.1 Å². The Balaban J connectivity index is 0.719. The fourth-order valence-corrected chi connectivity index (χ4v) is 20.8. The molecule has 476 valence electrons. The zero-order valence-corrected chi connectivity index (χ0v) is 57.2. The summed E-state index contributed by atoms with van der Waals surface area (Å²) in [6.07, 6.45) is 14.7. The average Bonchev–Trinajstić information content (AvgIpc) is 1.71. The summed E-state index contributed by atoms with van der Waals surface area (Å²) < 4.78 is 0. The molecule has 0 aromatic heterocycles. The molecule has 6 atom stereocenters. The van der Waals surface area contributed by atoms with Crippen LogP contribution in [-0.4, -0.2) is 16.6 Å². The molecule has 3 heteroatoms. The van der Waals surface area contributed by atoms with Crippen molar-refractivity contribution < 1.29 is 0 Å². The highest BCUT2D eigenvalue weighted by atomic mass is 15.3. The molecular formula is C94H85N3. The van der Waals surface area contributed by atoms with Crippen molar-refractivity contribution in [3.8, 4) is 66.8 Å². The summed E-state index contributed by atoms with van der Waals surface area (Å²) in [5.41, 5.74) is 27.7. The summed E-state index contributed by atoms with van der Waals surface area (Å²) in [5.74, 6) is 0. The van der Waals surface area contributed by atoms with Gasteiger partial charge in [-0.2, -0.15) is 0 Å². The van der Waals surface area contributed by atoms with Gasteiger partial charge in [-0.05, 0) is 254 Å². The summed E-state index contributed by atoms with van der Waals surface area (Å²) in [7, 11) is 0. The van der Waals surface area contributed by atoms with Crippen LogP contribution in [0.5, 0.6) is 0 Å². The van der Waals surface area contributed by atoms with Crippen molar-refractivity contribution in [3.63, 3.8) is 0 Å². The highest BCUT2D eigenvalue weighted by Gasteiger charge is 2.60. The Kier molecular flexibility index (Phi) is 12.9. The van der Waals surface area contributed by atoms with Gasteiger partial charge in [0, 0.05) is 50.4 Å². The number of para-hydroxylation sites is 3. The van der Waals surface area contributed by atoms with Crippen LogP contribution < -0.4 is 14.7 Å². The van der Waals surface area contributed by atoms with Crippen molar-refractivity contribution in [3.05, 3.63) is 278 Å². The largest absolute Gasteiger partial charge is 0.334 e. The normalized spacial score (nSPS) is 24.7. The third-order valence-electron chi connectivity index (χ3n) is 26.7. The molecule has 0 N–H and O–H groups in total. The molecular weight excluding hydrogens is 1170 g/mol. The van der Waals surface area contributed by atoms with Crippen molar-refractivity contribution in [2.75, 3.05) is 14.7 Å². The van der Waals surface area contributed by atoms with Crippen LogP contribution in [0.1, 0.15) is 135 Å². The standard InChI is InChI=1S/C94H85N3/c1-89-52-16-19-55-92(89,4)95(72-22-10-7-11-23-72)84-49-42-69(58-81(84)89)62-28-34-65(35-29-62)75-45-40-68-41-46-77-79(66-36-30-63(31-37-66)70-43-50-85-82(59-70)90(2)53-17-20-56-93(90,5)96(85)73-24-12-8-13-25-73)61-80(78-48-47-76(75)87(68)88(77)78)67-38-32-64(33-39-67)71-44-51-86-83(60-71)91(3)54-18-21-57-94(91,6)97(86)74-26-14-9-15-27-74/h7-15,22-51,58-61H,16-21,52-57H2,1-6H3. The molecule has 0 radical (unpaired) electrons. The van der Waals surface area contributed by atoms with Gasteiger partial charge in [0.2, 0.25) is 0 Å². The van der Waals surface area contributed by atoms with Gasteiger partial charge in [0.1, 0.15) is 0 Å². The number of fused-ring (bicyclic) bond motifs is 9. The predicted molar refractivity (Wildman–Crippen MR) is 411 cm³/mol. The maximum absolute atomic E-state index is 2.68. The zero-order chi connectivity index (χ0) is 65.2. The molecule has 3 heterocycles. The zero-order valence-electron chi connectivity index (χ0n) is 57.2. The van der Waals surface area contributed by atoms with Gasteiger partial charge in [0.25, 0.3) is 0 Å². The average molecular weight is 1260 g/mol. The lowest BCUT2D eigenvalue weighted by atomic mass is 9.61.